The fraction of sp³-hybridized carbons (Fsp3) is 0.765. The van der Waals surface area contributed by atoms with Crippen molar-refractivity contribution in [3.05, 3.63) is 35.4 Å². The molecule has 0 spiro atoms. The number of hydrogen-bond acceptors (Lipinski definition) is 8. The highest BCUT2D eigenvalue weighted by atomic mass is 16.5. The molecule has 4 aliphatic rings. The number of ether oxygens (including phenoxy) is 2. The van der Waals surface area contributed by atoms with E-state index in [-0.39, 0.29) is 48.3 Å². The zero-order valence-corrected chi connectivity index (χ0v) is 25.3. The minimum absolute atomic E-state index is 0.146. The van der Waals surface area contributed by atoms with Gasteiger partial charge in [-0.25, -0.2) is 9.59 Å². The van der Waals surface area contributed by atoms with Crippen LogP contribution in [0, 0.1) is 23.7 Å². The van der Waals surface area contributed by atoms with Crippen LogP contribution in [0.2, 0.25) is 0 Å². The van der Waals surface area contributed by atoms with Crippen LogP contribution in [0.4, 0.5) is 0 Å². The highest BCUT2D eigenvalue weighted by molar-refractivity contribution is 5.95. The van der Waals surface area contributed by atoms with Crippen LogP contribution in [0.1, 0.15) is 123 Å². The van der Waals surface area contributed by atoms with Gasteiger partial charge in [0, 0.05) is 24.2 Å². The standard InChI is InChI=1S/C34H54N4O4/c35-27-12-4-21(5-13-27)31(22-6-14-28(36)15-7-22)41-33(39)25-2-1-3-26(20-25)34(40)42-32(23-8-16-29(37)17-9-23)24-10-18-30(38)19-11-24/h1-3,20-24,27-32H,4-19,35-38H2. The van der Waals surface area contributed by atoms with Crippen molar-refractivity contribution in [3.8, 4) is 0 Å². The molecule has 4 saturated carbocycles. The summed E-state index contributed by atoms with van der Waals surface area (Å²) >= 11 is 0. The molecule has 0 radical (unpaired) electrons. The lowest BCUT2D eigenvalue weighted by Gasteiger charge is -2.39. The average molecular weight is 583 g/mol. The zero-order valence-electron chi connectivity index (χ0n) is 25.3. The number of rotatable bonds is 8. The van der Waals surface area contributed by atoms with Gasteiger partial charge in [0.1, 0.15) is 12.2 Å². The van der Waals surface area contributed by atoms with Crippen molar-refractivity contribution in [2.24, 2.45) is 46.6 Å². The maximum Gasteiger partial charge on any atom is 0.338 e. The predicted molar refractivity (Wildman–Crippen MR) is 165 cm³/mol. The molecule has 4 aliphatic carbocycles. The maximum absolute atomic E-state index is 13.6. The minimum Gasteiger partial charge on any atom is -0.458 e. The largest absolute Gasteiger partial charge is 0.458 e. The number of nitrogens with two attached hydrogens (primary N) is 4. The molecule has 0 heterocycles. The van der Waals surface area contributed by atoms with Gasteiger partial charge in [0.25, 0.3) is 0 Å². The molecule has 0 amide bonds. The summed E-state index contributed by atoms with van der Waals surface area (Å²) in [6, 6.07) is 7.84. The van der Waals surface area contributed by atoms with Crippen molar-refractivity contribution >= 4 is 11.9 Å². The van der Waals surface area contributed by atoms with Gasteiger partial charge in [-0.2, -0.15) is 0 Å². The number of benzene rings is 1. The quantitative estimate of drug-likeness (QED) is 0.318. The molecule has 42 heavy (non-hydrogen) atoms. The molecule has 5 rings (SSSR count). The molecule has 0 saturated heterocycles. The molecule has 0 aliphatic heterocycles. The smallest absolute Gasteiger partial charge is 0.338 e. The van der Waals surface area contributed by atoms with Gasteiger partial charge in [0.05, 0.1) is 11.1 Å². The summed E-state index contributed by atoms with van der Waals surface area (Å²) in [7, 11) is 0. The molecule has 8 nitrogen and oxygen atoms in total. The molecule has 0 unspecified atom stereocenters. The summed E-state index contributed by atoms with van der Waals surface area (Å²) in [4.78, 5) is 27.1. The number of carbonyl (C=O) groups excluding carboxylic acids is 2. The number of hydrogen-bond donors (Lipinski definition) is 4. The molecule has 0 bridgehead atoms. The Hall–Kier alpha value is -2.00. The topological polar surface area (TPSA) is 157 Å². The van der Waals surface area contributed by atoms with Crippen LogP contribution in [-0.2, 0) is 9.47 Å². The van der Waals surface area contributed by atoms with Crippen molar-refractivity contribution in [2.45, 2.75) is 139 Å². The first-order valence-electron chi connectivity index (χ1n) is 16.8. The first-order valence-corrected chi connectivity index (χ1v) is 16.8. The summed E-state index contributed by atoms with van der Waals surface area (Å²) in [6.45, 7) is 0. The summed E-state index contributed by atoms with van der Waals surface area (Å²) in [5, 5.41) is 0. The van der Waals surface area contributed by atoms with Crippen LogP contribution >= 0.6 is 0 Å². The van der Waals surface area contributed by atoms with E-state index in [1.807, 2.05) is 0 Å². The first-order chi connectivity index (χ1) is 20.3. The molecular weight excluding hydrogens is 528 g/mol. The maximum atomic E-state index is 13.6. The van der Waals surface area contributed by atoms with Gasteiger partial charge >= 0.3 is 11.9 Å². The van der Waals surface area contributed by atoms with E-state index in [2.05, 4.69) is 0 Å². The fourth-order valence-electron chi connectivity index (χ4n) is 8.21. The minimum atomic E-state index is -0.363. The van der Waals surface area contributed by atoms with Gasteiger partial charge in [-0.15, -0.1) is 0 Å². The summed E-state index contributed by atoms with van der Waals surface area (Å²) in [5.74, 6) is 0.531. The van der Waals surface area contributed by atoms with Crippen LogP contribution in [0.5, 0.6) is 0 Å². The lowest BCUT2D eigenvalue weighted by atomic mass is 9.73. The van der Waals surface area contributed by atoms with Crippen LogP contribution in [0.15, 0.2) is 24.3 Å². The van der Waals surface area contributed by atoms with E-state index in [0.29, 0.717) is 34.8 Å². The monoisotopic (exact) mass is 582 g/mol. The van der Waals surface area contributed by atoms with E-state index in [4.69, 9.17) is 32.4 Å². The van der Waals surface area contributed by atoms with E-state index in [1.165, 1.54) is 0 Å². The van der Waals surface area contributed by atoms with Crippen molar-refractivity contribution < 1.29 is 19.1 Å². The lowest BCUT2D eigenvalue weighted by molar-refractivity contribution is -0.0252. The van der Waals surface area contributed by atoms with Gasteiger partial charge in [0.15, 0.2) is 0 Å². The lowest BCUT2D eigenvalue weighted by Crippen LogP contribution is -2.41. The average Bonchev–Trinajstić information content (AvgIpc) is 3.00. The van der Waals surface area contributed by atoms with Gasteiger partial charge in [-0.3, -0.25) is 0 Å². The molecule has 8 N–H and O–H groups in total. The normalized spacial score (nSPS) is 35.5. The van der Waals surface area contributed by atoms with Crippen molar-refractivity contribution in [1.82, 2.24) is 0 Å². The Morgan fingerprint density at radius 2 is 0.762 bits per heavy atom. The fourth-order valence-corrected chi connectivity index (χ4v) is 8.21. The van der Waals surface area contributed by atoms with Crippen LogP contribution < -0.4 is 22.9 Å². The van der Waals surface area contributed by atoms with Gasteiger partial charge in [0.2, 0.25) is 0 Å². The van der Waals surface area contributed by atoms with Crippen molar-refractivity contribution in [2.75, 3.05) is 0 Å². The second-order valence-corrected chi connectivity index (χ2v) is 14.0. The van der Waals surface area contributed by atoms with E-state index >= 15 is 0 Å². The van der Waals surface area contributed by atoms with E-state index in [9.17, 15) is 9.59 Å². The van der Waals surface area contributed by atoms with Gasteiger partial charge in [-0.05, 0) is 145 Å². The molecule has 1 aromatic rings. The molecule has 0 atom stereocenters. The molecule has 4 fully saturated rings. The number of carbonyl (C=O) groups is 2. The summed E-state index contributed by atoms with van der Waals surface area (Å²) in [6.07, 6.45) is 15.3. The molecule has 1 aromatic carbocycles. The van der Waals surface area contributed by atoms with Gasteiger partial charge in [-0.1, -0.05) is 6.07 Å². The Labute approximate surface area is 252 Å². The Morgan fingerprint density at radius 1 is 0.500 bits per heavy atom. The Bertz CT molecular complexity index is 899. The molecular formula is C34H54N4O4. The van der Waals surface area contributed by atoms with E-state index in [1.54, 1.807) is 24.3 Å². The zero-order chi connectivity index (χ0) is 29.6. The SMILES string of the molecule is NC1CCC(C(OC(=O)c2cccc(C(=O)OC(C3CCC(N)CC3)C3CCC(N)CC3)c2)C2CCC(N)CC2)CC1. The molecule has 8 heteroatoms. The highest BCUT2D eigenvalue weighted by Gasteiger charge is 2.38. The van der Waals surface area contributed by atoms with Crippen molar-refractivity contribution in [3.63, 3.8) is 0 Å². The molecule has 234 valence electrons. The second-order valence-electron chi connectivity index (χ2n) is 14.0. The van der Waals surface area contributed by atoms with Gasteiger partial charge < -0.3 is 32.4 Å². The van der Waals surface area contributed by atoms with E-state index < -0.39 is 0 Å². The van der Waals surface area contributed by atoms with Crippen molar-refractivity contribution in [1.29, 1.82) is 0 Å². The Balaban J connectivity index is 1.27. The summed E-state index contributed by atoms with van der Waals surface area (Å²) in [5.41, 5.74) is 25.6. The Morgan fingerprint density at radius 3 is 1.02 bits per heavy atom. The van der Waals surface area contributed by atoms with Crippen LogP contribution in [0.25, 0.3) is 0 Å². The number of esters is 2. The van der Waals surface area contributed by atoms with Crippen LogP contribution in [-0.4, -0.2) is 48.3 Å². The third-order valence-electron chi connectivity index (χ3n) is 10.9. The first kappa shape index (κ1) is 31.4. The third kappa shape index (κ3) is 8.13. The highest BCUT2D eigenvalue weighted by Crippen LogP contribution is 2.39. The Kier molecular flexibility index (Phi) is 11.0. The summed E-state index contributed by atoms with van der Waals surface area (Å²) < 4.78 is 12.6. The second kappa shape index (κ2) is 14.7. The van der Waals surface area contributed by atoms with E-state index in [0.717, 1.165) is 103 Å². The predicted octanol–water partition coefficient (Wildman–Crippen LogP) is 4.81. The molecule has 0 aromatic heterocycles. The third-order valence-corrected chi connectivity index (χ3v) is 10.9. The van der Waals surface area contributed by atoms with Crippen LogP contribution in [0.3, 0.4) is 0 Å².